The Labute approximate surface area is 76.3 Å². The number of aliphatic imine (C=N–C) groups is 1. The van der Waals surface area contributed by atoms with Crippen molar-refractivity contribution in [2.45, 2.75) is 13.8 Å². The van der Waals surface area contributed by atoms with Gasteiger partial charge >= 0.3 is 0 Å². The zero-order valence-corrected chi connectivity index (χ0v) is 7.60. The van der Waals surface area contributed by atoms with Crippen LogP contribution in [0.4, 0.5) is 5.95 Å². The van der Waals surface area contributed by atoms with Crippen molar-refractivity contribution in [3.05, 3.63) is 18.0 Å². The zero-order valence-electron chi connectivity index (χ0n) is 7.60. The van der Waals surface area contributed by atoms with E-state index in [1.54, 1.807) is 4.68 Å². The highest BCUT2D eigenvalue weighted by atomic mass is 15.4. The van der Waals surface area contributed by atoms with Crippen LogP contribution in [0.1, 0.15) is 13.8 Å². The highest BCUT2D eigenvalue weighted by Crippen LogP contribution is 2.16. The molecular weight excluding hydrogens is 164 g/mol. The second-order valence-electron chi connectivity index (χ2n) is 3.17. The van der Waals surface area contributed by atoms with Crippen LogP contribution in [0.5, 0.6) is 0 Å². The Bertz CT molecular complexity index is 405. The van der Waals surface area contributed by atoms with Crippen LogP contribution in [0.25, 0.3) is 6.20 Å². The van der Waals surface area contributed by atoms with Gasteiger partial charge in [0.25, 0.3) is 5.95 Å². The fraction of sp³-hybridized carbons (Fsp3) is 0.333. The van der Waals surface area contributed by atoms with E-state index < -0.39 is 0 Å². The van der Waals surface area contributed by atoms with Crippen LogP contribution in [0, 0.1) is 5.92 Å². The standard InChI is InChI=1S/C9H10N4/c1-7(2)8-3-4-10-9-11-6-12-13(9)5-8/h3,5-7H,1-2H3. The summed E-state index contributed by atoms with van der Waals surface area (Å²) in [6.07, 6.45) is 5.28. The molecule has 0 spiro atoms. The SMILES string of the molecule is CC(C)C1=Cn2ncnc2N=C=C1. The van der Waals surface area contributed by atoms with Gasteiger partial charge in [0.2, 0.25) is 0 Å². The molecule has 2 rings (SSSR count). The highest BCUT2D eigenvalue weighted by Gasteiger charge is 2.05. The molecule has 1 aromatic heterocycles. The molecule has 0 unspecified atom stereocenters. The summed E-state index contributed by atoms with van der Waals surface area (Å²) in [5, 5.41) is 4.02. The van der Waals surface area contributed by atoms with Gasteiger partial charge in [-0.3, -0.25) is 0 Å². The largest absolute Gasteiger partial charge is 0.260 e. The first-order chi connectivity index (χ1) is 6.27. The van der Waals surface area contributed by atoms with Gasteiger partial charge < -0.3 is 0 Å². The number of fused-ring (bicyclic) bond motifs is 1. The maximum Gasteiger partial charge on any atom is 0.260 e. The minimum atomic E-state index is 0.442. The van der Waals surface area contributed by atoms with Gasteiger partial charge in [-0.2, -0.15) is 15.1 Å². The highest BCUT2D eigenvalue weighted by molar-refractivity contribution is 5.65. The second kappa shape index (κ2) is 2.99. The minimum absolute atomic E-state index is 0.442. The lowest BCUT2D eigenvalue weighted by Gasteiger charge is -2.03. The van der Waals surface area contributed by atoms with E-state index in [0.29, 0.717) is 11.9 Å². The maximum absolute atomic E-state index is 4.02. The maximum atomic E-state index is 4.02. The number of nitrogens with zero attached hydrogens (tertiary/aromatic N) is 4. The molecule has 1 aromatic rings. The Kier molecular flexibility index (Phi) is 1.83. The number of hydrogen-bond acceptors (Lipinski definition) is 3. The lowest BCUT2D eigenvalue weighted by molar-refractivity contribution is 0.787. The van der Waals surface area contributed by atoms with E-state index in [0.717, 1.165) is 5.57 Å². The Balaban J connectivity index is 2.52. The van der Waals surface area contributed by atoms with Crippen molar-refractivity contribution < 1.29 is 0 Å². The molecule has 4 nitrogen and oxygen atoms in total. The molecule has 0 N–H and O–H groups in total. The first-order valence-electron chi connectivity index (χ1n) is 4.18. The first kappa shape index (κ1) is 7.95. The summed E-state index contributed by atoms with van der Waals surface area (Å²) in [4.78, 5) is 7.98. The molecule has 0 bridgehead atoms. The molecule has 1 aliphatic heterocycles. The second-order valence-corrected chi connectivity index (χ2v) is 3.17. The number of allylic oxidation sites excluding steroid dienone is 2. The van der Waals surface area contributed by atoms with Gasteiger partial charge in [0.1, 0.15) is 6.33 Å². The molecular formula is C9H10N4. The minimum Gasteiger partial charge on any atom is -0.204 e. The van der Waals surface area contributed by atoms with Crippen molar-refractivity contribution in [1.29, 1.82) is 0 Å². The summed E-state index contributed by atoms with van der Waals surface area (Å²) in [7, 11) is 0. The van der Waals surface area contributed by atoms with E-state index in [2.05, 4.69) is 34.8 Å². The van der Waals surface area contributed by atoms with Crippen molar-refractivity contribution in [2.75, 3.05) is 0 Å². The number of hydrogen-bond donors (Lipinski definition) is 0. The van der Waals surface area contributed by atoms with Crippen molar-refractivity contribution in [2.24, 2.45) is 10.9 Å². The van der Waals surface area contributed by atoms with Crippen molar-refractivity contribution in [3.63, 3.8) is 0 Å². The third-order valence-electron chi connectivity index (χ3n) is 1.89. The third kappa shape index (κ3) is 1.44. The Morgan fingerprint density at radius 3 is 3.08 bits per heavy atom. The van der Waals surface area contributed by atoms with Crippen molar-refractivity contribution >= 4 is 18.0 Å². The number of aromatic nitrogens is 3. The van der Waals surface area contributed by atoms with Crippen molar-refractivity contribution in [1.82, 2.24) is 14.8 Å². The summed E-state index contributed by atoms with van der Waals surface area (Å²) in [6, 6.07) is 0. The van der Waals surface area contributed by atoms with E-state index >= 15 is 0 Å². The fourth-order valence-corrected chi connectivity index (χ4v) is 1.07. The third-order valence-corrected chi connectivity index (χ3v) is 1.89. The fourth-order valence-electron chi connectivity index (χ4n) is 1.07. The molecule has 0 atom stereocenters. The van der Waals surface area contributed by atoms with Crippen LogP contribution in [0.15, 0.2) is 23.0 Å². The zero-order chi connectivity index (χ0) is 9.26. The molecule has 4 heteroatoms. The summed E-state index contributed by atoms with van der Waals surface area (Å²) >= 11 is 0. The first-order valence-corrected chi connectivity index (χ1v) is 4.18. The molecule has 1 aliphatic rings. The summed E-state index contributed by atoms with van der Waals surface area (Å²) < 4.78 is 1.66. The topological polar surface area (TPSA) is 43.1 Å². The van der Waals surface area contributed by atoms with Gasteiger partial charge in [-0.1, -0.05) is 13.8 Å². The van der Waals surface area contributed by atoms with Crippen LogP contribution < -0.4 is 0 Å². The lowest BCUT2D eigenvalue weighted by Crippen LogP contribution is -1.94. The molecule has 66 valence electrons. The normalized spacial score (nSPS) is 14.2. The van der Waals surface area contributed by atoms with Gasteiger partial charge in [-0.05, 0) is 17.4 Å². The Morgan fingerprint density at radius 1 is 1.46 bits per heavy atom. The van der Waals surface area contributed by atoms with E-state index in [4.69, 9.17) is 0 Å². The molecule has 0 amide bonds. The van der Waals surface area contributed by atoms with Gasteiger partial charge in [0.05, 0.1) is 0 Å². The summed E-state index contributed by atoms with van der Waals surface area (Å²) in [5.74, 6) is 3.85. The van der Waals surface area contributed by atoms with Gasteiger partial charge in [-0.15, -0.1) is 0 Å². The lowest BCUT2D eigenvalue weighted by atomic mass is 10.1. The Morgan fingerprint density at radius 2 is 2.31 bits per heavy atom. The molecule has 0 aromatic carbocycles. The molecule has 0 saturated carbocycles. The molecule has 0 radical (unpaired) electrons. The van der Waals surface area contributed by atoms with Gasteiger partial charge in [0.15, 0.2) is 0 Å². The van der Waals surface area contributed by atoms with Crippen LogP contribution in [-0.2, 0) is 0 Å². The molecule has 0 fully saturated rings. The smallest absolute Gasteiger partial charge is 0.204 e. The molecule has 13 heavy (non-hydrogen) atoms. The number of rotatable bonds is 1. The molecule has 0 aliphatic carbocycles. The average molecular weight is 174 g/mol. The van der Waals surface area contributed by atoms with E-state index in [-0.39, 0.29) is 0 Å². The molecule has 0 saturated heterocycles. The predicted octanol–water partition coefficient (Wildman–Crippen LogP) is 1.65. The van der Waals surface area contributed by atoms with Gasteiger partial charge in [-0.25, -0.2) is 4.68 Å². The van der Waals surface area contributed by atoms with E-state index in [1.165, 1.54) is 6.33 Å². The van der Waals surface area contributed by atoms with Crippen LogP contribution >= 0.6 is 0 Å². The van der Waals surface area contributed by atoms with E-state index in [1.807, 2.05) is 12.3 Å². The van der Waals surface area contributed by atoms with Crippen molar-refractivity contribution in [3.8, 4) is 0 Å². The van der Waals surface area contributed by atoms with Crippen LogP contribution in [0.3, 0.4) is 0 Å². The summed E-state index contributed by atoms with van der Waals surface area (Å²) in [5.41, 5.74) is 1.15. The van der Waals surface area contributed by atoms with Gasteiger partial charge in [0, 0.05) is 12.3 Å². The quantitative estimate of drug-likeness (QED) is 0.649. The predicted molar refractivity (Wildman–Crippen MR) is 50.8 cm³/mol. The van der Waals surface area contributed by atoms with E-state index in [9.17, 15) is 0 Å². The Hall–Kier alpha value is -1.67. The monoisotopic (exact) mass is 174 g/mol. The van der Waals surface area contributed by atoms with Crippen LogP contribution in [0.2, 0.25) is 0 Å². The van der Waals surface area contributed by atoms with Crippen LogP contribution in [-0.4, -0.2) is 20.6 Å². The average Bonchev–Trinajstić information content (AvgIpc) is 2.42. The molecule has 2 heterocycles. The summed E-state index contributed by atoms with van der Waals surface area (Å²) in [6.45, 7) is 4.23.